The van der Waals surface area contributed by atoms with Crippen molar-refractivity contribution in [1.82, 2.24) is 15.5 Å². The number of esters is 2. The number of unbranched alkanes of at least 4 members (excludes halogenated alkanes) is 1. The van der Waals surface area contributed by atoms with Gasteiger partial charge in [0.15, 0.2) is 17.6 Å². The first-order valence-corrected chi connectivity index (χ1v) is 15.8. The molecule has 0 radical (unpaired) electrons. The molecule has 2 bridgehead atoms. The van der Waals surface area contributed by atoms with Crippen molar-refractivity contribution in [2.75, 3.05) is 20.1 Å². The molecule has 1 aromatic rings. The number of carboxylic acid groups (broad SMARTS) is 1. The molecule has 0 unspecified atom stereocenters. The number of carboxylic acids is 1. The maximum atomic E-state index is 13.2. The SMILES string of the molecule is CC(=O)N[C@@H](CCCCN)C(=O)N[C@@H](C)C(=O)O[C@@H](CC(=O)OC1=CC[C@@]2(O)[C@H]3Cc4ccc(O)c5c4[C@@]2(CCN3C)[C@H]1O5)C(=O)O. The van der Waals surface area contributed by atoms with Crippen molar-refractivity contribution in [1.29, 1.82) is 0 Å². The number of aliphatic hydroxyl groups is 1. The third kappa shape index (κ3) is 6.03. The van der Waals surface area contributed by atoms with E-state index in [0.717, 1.165) is 5.56 Å². The van der Waals surface area contributed by atoms with Crippen LogP contribution in [0.4, 0.5) is 0 Å². The van der Waals surface area contributed by atoms with Crippen LogP contribution < -0.4 is 21.1 Å². The number of aliphatic carboxylic acids is 1. The molecule has 7 atom stereocenters. The Morgan fingerprint density at radius 2 is 1.94 bits per heavy atom. The Balaban J connectivity index is 1.26. The topological polar surface area (TPSA) is 227 Å². The number of carbonyl (C=O) groups excluding carboxylic acids is 4. The molecule has 0 saturated carbocycles. The fourth-order valence-electron chi connectivity index (χ4n) is 7.56. The van der Waals surface area contributed by atoms with Crippen LogP contribution in [0.25, 0.3) is 0 Å². The molecule has 1 spiro atoms. The number of ether oxygens (including phenoxy) is 3. The van der Waals surface area contributed by atoms with Crippen LogP contribution in [-0.4, -0.2) is 106 Å². The van der Waals surface area contributed by atoms with Gasteiger partial charge in [-0.15, -0.1) is 0 Å². The van der Waals surface area contributed by atoms with Gasteiger partial charge in [-0.3, -0.25) is 14.4 Å². The molecule has 1 fully saturated rings. The number of aromatic hydroxyl groups is 1. The number of hydrogen-bond donors (Lipinski definition) is 6. The number of likely N-dealkylation sites (N-methyl/N-ethyl adjacent to an activating group) is 1. The Kier molecular flexibility index (Phi) is 9.53. The molecule has 0 aromatic heterocycles. The summed E-state index contributed by atoms with van der Waals surface area (Å²) < 4.78 is 17.0. The molecule has 2 heterocycles. The third-order valence-corrected chi connectivity index (χ3v) is 9.82. The predicted octanol–water partition coefficient (Wildman–Crippen LogP) is -0.262. The molecule has 15 heteroatoms. The molecule has 7 N–H and O–H groups in total. The zero-order chi connectivity index (χ0) is 34.3. The molecule has 256 valence electrons. The lowest BCUT2D eigenvalue weighted by molar-refractivity contribution is -0.174. The summed E-state index contributed by atoms with van der Waals surface area (Å²) >= 11 is 0. The summed E-state index contributed by atoms with van der Waals surface area (Å²) in [4.78, 5) is 64.4. The van der Waals surface area contributed by atoms with Crippen molar-refractivity contribution < 1.29 is 53.5 Å². The van der Waals surface area contributed by atoms with E-state index < -0.39 is 71.5 Å². The molecule has 2 aliphatic heterocycles. The fraction of sp³-hybridized carbons (Fsp3) is 0.594. The van der Waals surface area contributed by atoms with Gasteiger partial charge < -0.3 is 50.8 Å². The van der Waals surface area contributed by atoms with E-state index in [0.29, 0.717) is 44.3 Å². The smallest absolute Gasteiger partial charge is 0.345 e. The van der Waals surface area contributed by atoms with Crippen molar-refractivity contribution in [3.63, 3.8) is 0 Å². The van der Waals surface area contributed by atoms with Crippen LogP contribution in [0.1, 0.15) is 63.5 Å². The number of nitrogens with one attached hydrogen (secondary N) is 2. The van der Waals surface area contributed by atoms with E-state index in [1.807, 2.05) is 13.1 Å². The van der Waals surface area contributed by atoms with Gasteiger partial charge in [-0.25, -0.2) is 9.59 Å². The lowest BCUT2D eigenvalue weighted by Gasteiger charge is -2.61. The summed E-state index contributed by atoms with van der Waals surface area (Å²) in [5, 5.41) is 37.6. The zero-order valence-corrected chi connectivity index (χ0v) is 26.6. The standard InChI is InChI=1S/C32H42N4O11/c1-16(34-28(40)19(35-17(2)37)6-4-5-12-33)30(43)46-22(29(41)42)15-24(39)45-21-9-10-32(44)23-14-18-7-8-20(38)26-25(18)31(32,27(21)47-26)11-13-36(23)3/h7-9,16,19,22-23,27,38,44H,4-6,10-15,33H2,1-3H3,(H,34,40)(H,35,37)(H,41,42)/t16-,19-,22-,23+,27-,31-,32+/m0/s1. The summed E-state index contributed by atoms with van der Waals surface area (Å²) in [6.07, 6.45) is 0.358. The average Bonchev–Trinajstić information content (AvgIpc) is 3.37. The summed E-state index contributed by atoms with van der Waals surface area (Å²) in [5.41, 5.74) is 4.83. The normalized spacial score (nSPS) is 27.2. The first-order chi connectivity index (χ1) is 22.2. The van der Waals surface area contributed by atoms with E-state index in [9.17, 15) is 39.3 Å². The van der Waals surface area contributed by atoms with Gasteiger partial charge >= 0.3 is 17.9 Å². The van der Waals surface area contributed by atoms with Crippen LogP contribution in [0.3, 0.4) is 0 Å². The van der Waals surface area contributed by atoms with Gasteiger partial charge in [-0.1, -0.05) is 6.07 Å². The highest BCUT2D eigenvalue weighted by molar-refractivity contribution is 5.91. The number of benzene rings is 1. The van der Waals surface area contributed by atoms with Gasteiger partial charge in [0.25, 0.3) is 0 Å². The van der Waals surface area contributed by atoms with Gasteiger partial charge in [0.05, 0.1) is 17.4 Å². The maximum absolute atomic E-state index is 13.2. The van der Waals surface area contributed by atoms with E-state index in [4.69, 9.17) is 19.9 Å². The van der Waals surface area contributed by atoms with E-state index in [2.05, 4.69) is 15.5 Å². The van der Waals surface area contributed by atoms with Crippen LogP contribution in [0.15, 0.2) is 24.0 Å². The Morgan fingerprint density at radius 1 is 1.19 bits per heavy atom. The second-order valence-electron chi connectivity index (χ2n) is 12.8. The van der Waals surface area contributed by atoms with Crippen molar-refractivity contribution in [3.05, 3.63) is 35.1 Å². The molecule has 5 rings (SSSR count). The highest BCUT2D eigenvalue weighted by Crippen LogP contribution is 2.65. The third-order valence-electron chi connectivity index (χ3n) is 9.82. The largest absolute Gasteiger partial charge is 0.504 e. The van der Waals surface area contributed by atoms with Gasteiger partial charge in [-0.05, 0) is 76.9 Å². The molecule has 2 aliphatic carbocycles. The first-order valence-electron chi connectivity index (χ1n) is 15.8. The Labute approximate surface area is 271 Å². The number of hydrogen-bond acceptors (Lipinski definition) is 12. The molecule has 2 amide bonds. The summed E-state index contributed by atoms with van der Waals surface area (Å²) in [6.45, 7) is 3.56. The van der Waals surface area contributed by atoms with E-state index in [-0.39, 0.29) is 36.1 Å². The van der Waals surface area contributed by atoms with Gasteiger partial charge in [0, 0.05) is 24.9 Å². The Morgan fingerprint density at radius 3 is 2.62 bits per heavy atom. The highest BCUT2D eigenvalue weighted by atomic mass is 16.6. The Bertz CT molecular complexity index is 1500. The minimum atomic E-state index is -1.94. The van der Waals surface area contributed by atoms with Crippen LogP contribution in [-0.2, 0) is 45.3 Å². The van der Waals surface area contributed by atoms with Gasteiger partial charge in [0.2, 0.25) is 17.9 Å². The van der Waals surface area contributed by atoms with E-state index >= 15 is 0 Å². The molecule has 15 nitrogen and oxygen atoms in total. The predicted molar refractivity (Wildman–Crippen MR) is 163 cm³/mol. The number of carbonyl (C=O) groups is 5. The number of nitrogens with zero attached hydrogens (tertiary/aromatic N) is 1. The van der Waals surface area contributed by atoms with Gasteiger partial charge in [0.1, 0.15) is 17.8 Å². The fourth-order valence-corrected chi connectivity index (χ4v) is 7.56. The summed E-state index contributed by atoms with van der Waals surface area (Å²) in [5.74, 6) is -4.66. The summed E-state index contributed by atoms with van der Waals surface area (Å²) in [6, 6.07) is 0.853. The molecule has 1 aromatic carbocycles. The van der Waals surface area contributed by atoms with Crippen LogP contribution in [0.2, 0.25) is 0 Å². The lowest BCUT2D eigenvalue weighted by atomic mass is 9.50. The quantitative estimate of drug-likeness (QED) is 0.119. The van der Waals surface area contributed by atoms with Crippen LogP contribution in [0.5, 0.6) is 11.5 Å². The zero-order valence-electron chi connectivity index (χ0n) is 26.6. The number of likely N-dealkylation sites (tertiary alicyclic amines) is 1. The lowest BCUT2D eigenvalue weighted by Crippen LogP contribution is -2.74. The molecular formula is C32H42N4O11. The number of amides is 2. The highest BCUT2D eigenvalue weighted by Gasteiger charge is 2.72. The second-order valence-corrected chi connectivity index (χ2v) is 12.8. The van der Waals surface area contributed by atoms with E-state index in [1.165, 1.54) is 19.9 Å². The van der Waals surface area contributed by atoms with Crippen molar-refractivity contribution in [2.24, 2.45) is 5.73 Å². The number of phenolic OH excluding ortho intramolecular Hbond substituents is 1. The minimum Gasteiger partial charge on any atom is -0.504 e. The summed E-state index contributed by atoms with van der Waals surface area (Å²) in [7, 11) is 1.94. The molecule has 1 saturated heterocycles. The second kappa shape index (κ2) is 13.1. The average molecular weight is 659 g/mol. The van der Waals surface area contributed by atoms with Crippen LogP contribution in [0, 0.1) is 0 Å². The molecule has 47 heavy (non-hydrogen) atoms. The van der Waals surface area contributed by atoms with Crippen molar-refractivity contribution >= 4 is 29.7 Å². The molecule has 4 aliphatic rings. The van der Waals surface area contributed by atoms with Crippen molar-refractivity contribution in [3.8, 4) is 11.5 Å². The van der Waals surface area contributed by atoms with Crippen molar-refractivity contribution in [2.45, 2.75) is 100 Å². The number of piperidine rings is 1. The van der Waals surface area contributed by atoms with Gasteiger partial charge in [-0.2, -0.15) is 0 Å². The van der Waals surface area contributed by atoms with Crippen LogP contribution >= 0.6 is 0 Å². The number of nitrogens with two attached hydrogens (primary N) is 1. The monoisotopic (exact) mass is 658 g/mol. The van der Waals surface area contributed by atoms with E-state index in [1.54, 1.807) is 6.08 Å². The maximum Gasteiger partial charge on any atom is 0.345 e. The number of phenols is 1. The Hall–Kier alpha value is -4.21. The number of rotatable bonds is 13. The molecular weight excluding hydrogens is 616 g/mol. The first kappa shape index (κ1) is 34.1. The minimum absolute atomic E-state index is 0.0705.